The van der Waals surface area contributed by atoms with Gasteiger partial charge in [0.25, 0.3) is 0 Å². The van der Waals surface area contributed by atoms with Gasteiger partial charge in [0.1, 0.15) is 11.0 Å². The van der Waals surface area contributed by atoms with E-state index in [-0.39, 0.29) is 18.2 Å². The maximum Gasteiger partial charge on any atom is 0.242 e. The van der Waals surface area contributed by atoms with E-state index in [0.717, 1.165) is 34.6 Å². The molecule has 4 aromatic rings. The molecule has 0 aliphatic carbocycles. The summed E-state index contributed by atoms with van der Waals surface area (Å²) in [6.07, 6.45) is 2.32. The zero-order valence-electron chi connectivity index (χ0n) is 21.7. The van der Waals surface area contributed by atoms with Crippen LogP contribution in [0.4, 0.5) is 11.4 Å². The molecule has 0 aliphatic rings. The van der Waals surface area contributed by atoms with Crippen molar-refractivity contribution in [2.75, 3.05) is 17.2 Å². The molecule has 39 heavy (non-hydrogen) atoms. The number of carbonyl (C=O) groups is 2. The van der Waals surface area contributed by atoms with Gasteiger partial charge in [0.15, 0.2) is 0 Å². The Kier molecular flexibility index (Phi) is 10.5. The summed E-state index contributed by atoms with van der Waals surface area (Å²) in [7, 11) is 0. The highest BCUT2D eigenvalue weighted by Gasteiger charge is 2.22. The van der Waals surface area contributed by atoms with Gasteiger partial charge in [0, 0.05) is 21.3 Å². The van der Waals surface area contributed by atoms with Gasteiger partial charge in [-0.3, -0.25) is 9.59 Å². The molecule has 0 bridgehead atoms. The van der Waals surface area contributed by atoms with Crippen molar-refractivity contribution in [3.8, 4) is 5.75 Å². The number of ether oxygens (including phenoxy) is 1. The average Bonchev–Trinajstić information content (AvgIpc) is 2.95. The van der Waals surface area contributed by atoms with Crippen molar-refractivity contribution < 1.29 is 14.3 Å². The maximum absolute atomic E-state index is 13.5. The Morgan fingerprint density at radius 3 is 2.31 bits per heavy atom. The van der Waals surface area contributed by atoms with E-state index in [4.69, 9.17) is 16.3 Å². The monoisotopic (exact) mass is 558 g/mol. The summed E-state index contributed by atoms with van der Waals surface area (Å²) >= 11 is 7.37. The number of amides is 2. The zero-order valence-corrected chi connectivity index (χ0v) is 23.3. The summed E-state index contributed by atoms with van der Waals surface area (Å²) in [5.74, 6) is 0.521. The normalized spacial score (nSPS) is 11.4. The molecule has 2 N–H and O–H groups in total. The van der Waals surface area contributed by atoms with Crippen molar-refractivity contribution in [2.24, 2.45) is 0 Å². The van der Waals surface area contributed by atoms with Crippen molar-refractivity contribution in [1.82, 2.24) is 0 Å². The number of hydrogen-bond donors (Lipinski definition) is 2. The van der Waals surface area contributed by atoms with Gasteiger partial charge in [-0.05, 0) is 72.1 Å². The van der Waals surface area contributed by atoms with E-state index in [2.05, 4.69) is 17.6 Å². The van der Waals surface area contributed by atoms with Crippen LogP contribution < -0.4 is 15.4 Å². The molecule has 0 fully saturated rings. The Bertz CT molecular complexity index is 1360. The van der Waals surface area contributed by atoms with Gasteiger partial charge in [0.05, 0.1) is 13.0 Å². The number of thioether (sulfide) groups is 1. The van der Waals surface area contributed by atoms with Crippen LogP contribution in [0.25, 0.3) is 0 Å². The molecule has 4 aromatic carbocycles. The topological polar surface area (TPSA) is 67.4 Å². The number of anilines is 2. The summed E-state index contributed by atoms with van der Waals surface area (Å²) in [6.45, 7) is 2.80. The Labute approximate surface area is 238 Å². The van der Waals surface area contributed by atoms with E-state index in [1.807, 2.05) is 91.0 Å². The molecule has 2 amide bonds. The third-order valence-corrected chi connectivity index (χ3v) is 7.38. The van der Waals surface area contributed by atoms with E-state index in [1.165, 1.54) is 11.8 Å². The molecule has 0 aliphatic heterocycles. The molecular formula is C32H31ClN2O3S. The molecule has 5 nitrogen and oxygen atoms in total. The van der Waals surface area contributed by atoms with Crippen LogP contribution in [0.5, 0.6) is 5.75 Å². The van der Waals surface area contributed by atoms with Crippen molar-refractivity contribution in [1.29, 1.82) is 0 Å². The Morgan fingerprint density at radius 2 is 1.59 bits per heavy atom. The SMILES string of the molecule is CCCCOc1ccc(NC(=O)C(Sc2cccc(NC(=O)Cc3ccc(Cl)cc3)c2)c2ccccc2)cc1. The van der Waals surface area contributed by atoms with Gasteiger partial charge >= 0.3 is 0 Å². The van der Waals surface area contributed by atoms with E-state index >= 15 is 0 Å². The van der Waals surface area contributed by atoms with Crippen LogP contribution in [0.1, 0.15) is 36.1 Å². The molecule has 1 unspecified atom stereocenters. The first-order valence-electron chi connectivity index (χ1n) is 12.9. The van der Waals surface area contributed by atoms with Crippen molar-refractivity contribution in [2.45, 2.75) is 36.3 Å². The highest BCUT2D eigenvalue weighted by Crippen LogP contribution is 2.37. The molecular weight excluding hydrogens is 528 g/mol. The quantitative estimate of drug-likeness (QED) is 0.136. The molecule has 0 heterocycles. The number of benzene rings is 4. The summed E-state index contributed by atoms with van der Waals surface area (Å²) in [5.41, 5.74) is 3.14. The number of hydrogen-bond acceptors (Lipinski definition) is 4. The van der Waals surface area contributed by atoms with Crippen LogP contribution in [0.2, 0.25) is 5.02 Å². The van der Waals surface area contributed by atoms with Gasteiger partial charge in [-0.15, -0.1) is 11.8 Å². The minimum atomic E-state index is -0.494. The summed E-state index contributed by atoms with van der Waals surface area (Å²) in [4.78, 5) is 26.9. The van der Waals surface area contributed by atoms with Crippen LogP contribution in [0.15, 0.2) is 108 Å². The van der Waals surface area contributed by atoms with E-state index in [1.54, 1.807) is 12.1 Å². The first-order valence-corrected chi connectivity index (χ1v) is 14.2. The fraction of sp³-hybridized carbons (Fsp3) is 0.188. The highest BCUT2D eigenvalue weighted by molar-refractivity contribution is 8.00. The molecule has 4 rings (SSSR count). The number of rotatable bonds is 12. The number of nitrogens with one attached hydrogen (secondary N) is 2. The Hall–Kier alpha value is -3.74. The van der Waals surface area contributed by atoms with Gasteiger partial charge in [0.2, 0.25) is 11.8 Å². The lowest BCUT2D eigenvalue weighted by atomic mass is 10.1. The van der Waals surface area contributed by atoms with E-state index in [9.17, 15) is 9.59 Å². The second kappa shape index (κ2) is 14.4. The van der Waals surface area contributed by atoms with Gasteiger partial charge in [-0.25, -0.2) is 0 Å². The first kappa shape index (κ1) is 28.3. The minimum absolute atomic E-state index is 0.126. The van der Waals surface area contributed by atoms with Crippen molar-refractivity contribution in [3.63, 3.8) is 0 Å². The summed E-state index contributed by atoms with van der Waals surface area (Å²) < 4.78 is 5.73. The predicted molar refractivity (Wildman–Crippen MR) is 161 cm³/mol. The summed E-state index contributed by atoms with van der Waals surface area (Å²) in [5, 5.41) is 6.13. The second-order valence-corrected chi connectivity index (χ2v) is 10.6. The summed E-state index contributed by atoms with van der Waals surface area (Å²) in [6, 6.07) is 31.8. The fourth-order valence-corrected chi connectivity index (χ4v) is 5.06. The van der Waals surface area contributed by atoms with E-state index in [0.29, 0.717) is 23.0 Å². The lowest BCUT2D eigenvalue weighted by Gasteiger charge is -2.18. The van der Waals surface area contributed by atoms with Gasteiger partial charge in [-0.1, -0.05) is 73.5 Å². The maximum atomic E-state index is 13.5. The Balaban J connectivity index is 1.44. The molecule has 0 spiro atoms. The minimum Gasteiger partial charge on any atom is -0.494 e. The number of carbonyl (C=O) groups excluding carboxylic acids is 2. The predicted octanol–water partition coefficient (Wildman–Crippen LogP) is 8.17. The van der Waals surface area contributed by atoms with Crippen LogP contribution in [0.3, 0.4) is 0 Å². The number of halogens is 1. The third-order valence-electron chi connectivity index (χ3n) is 5.88. The van der Waals surface area contributed by atoms with Crippen LogP contribution in [0, 0.1) is 0 Å². The largest absolute Gasteiger partial charge is 0.494 e. The van der Waals surface area contributed by atoms with Crippen molar-refractivity contribution in [3.05, 3.63) is 119 Å². The third kappa shape index (κ3) is 8.91. The van der Waals surface area contributed by atoms with Gasteiger partial charge in [-0.2, -0.15) is 0 Å². The fourth-order valence-electron chi connectivity index (χ4n) is 3.85. The Morgan fingerprint density at radius 1 is 0.846 bits per heavy atom. The second-order valence-electron chi connectivity index (χ2n) is 9.00. The molecule has 0 aromatic heterocycles. The average molecular weight is 559 g/mol. The highest BCUT2D eigenvalue weighted by atomic mass is 35.5. The molecule has 7 heteroatoms. The molecule has 0 saturated carbocycles. The molecule has 1 atom stereocenters. The smallest absolute Gasteiger partial charge is 0.242 e. The molecule has 0 radical (unpaired) electrons. The van der Waals surface area contributed by atoms with Crippen LogP contribution >= 0.6 is 23.4 Å². The lowest BCUT2D eigenvalue weighted by molar-refractivity contribution is -0.116. The number of unbranched alkanes of at least 4 members (excludes halogenated alkanes) is 1. The standard InChI is InChI=1S/C32H31ClN2O3S/c1-2-3-20-38-28-18-16-26(17-19-28)35-32(37)31(24-8-5-4-6-9-24)39-29-11-7-10-27(22-29)34-30(36)21-23-12-14-25(33)15-13-23/h4-19,22,31H,2-3,20-21H2,1H3,(H,34,36)(H,35,37). The molecule has 0 saturated heterocycles. The zero-order chi connectivity index (χ0) is 27.5. The van der Waals surface area contributed by atoms with E-state index < -0.39 is 5.25 Å². The molecule has 200 valence electrons. The van der Waals surface area contributed by atoms with Crippen molar-refractivity contribution >= 4 is 46.6 Å². The van der Waals surface area contributed by atoms with Crippen LogP contribution in [-0.2, 0) is 16.0 Å². The van der Waals surface area contributed by atoms with Crippen LogP contribution in [-0.4, -0.2) is 18.4 Å². The first-order chi connectivity index (χ1) is 19.0. The van der Waals surface area contributed by atoms with Gasteiger partial charge < -0.3 is 15.4 Å². The lowest BCUT2D eigenvalue weighted by Crippen LogP contribution is -2.19.